The molecule has 0 aromatic carbocycles. The van der Waals surface area contributed by atoms with Gasteiger partial charge in [0.1, 0.15) is 6.10 Å². The summed E-state index contributed by atoms with van der Waals surface area (Å²) in [5.41, 5.74) is 0. The summed E-state index contributed by atoms with van der Waals surface area (Å²) in [6.45, 7) is 3.82. The quantitative estimate of drug-likeness (QED) is 0.126. The molecule has 4 nitrogen and oxygen atoms in total. The van der Waals surface area contributed by atoms with Crippen molar-refractivity contribution in [1.82, 2.24) is 0 Å². The van der Waals surface area contributed by atoms with Crippen LogP contribution in [-0.4, -0.2) is 23.1 Å². The molecule has 0 saturated carbocycles. The topological polar surface area (TPSA) is 63.6 Å². The molecule has 1 atom stereocenters. The van der Waals surface area contributed by atoms with Crippen LogP contribution in [0.2, 0.25) is 0 Å². The number of carbonyl (C=O) groups is 2. The predicted molar refractivity (Wildman–Crippen MR) is 106 cm³/mol. The van der Waals surface area contributed by atoms with E-state index in [0.717, 1.165) is 57.8 Å². The molecule has 0 aromatic heterocycles. The van der Waals surface area contributed by atoms with Crippen molar-refractivity contribution in [3.05, 3.63) is 12.2 Å². The first kappa shape index (κ1) is 24.2. The van der Waals surface area contributed by atoms with Crippen molar-refractivity contribution < 1.29 is 19.4 Å². The number of aliphatic carboxylic acids is 1. The van der Waals surface area contributed by atoms with E-state index in [1.807, 2.05) is 0 Å². The first-order valence-electron chi connectivity index (χ1n) is 10.1. The van der Waals surface area contributed by atoms with Gasteiger partial charge in [0.25, 0.3) is 0 Å². The van der Waals surface area contributed by atoms with Gasteiger partial charge in [0.05, 0.1) is 0 Å². The zero-order valence-electron chi connectivity index (χ0n) is 16.6. The van der Waals surface area contributed by atoms with Gasteiger partial charge in [-0.2, -0.15) is 0 Å². The molecule has 0 bridgehead atoms. The van der Waals surface area contributed by atoms with E-state index >= 15 is 0 Å². The number of allylic oxidation sites excluding steroid dienone is 1. The second-order valence-corrected chi connectivity index (χ2v) is 6.66. The molecule has 0 aliphatic heterocycles. The maximum absolute atomic E-state index is 11.6. The van der Waals surface area contributed by atoms with Crippen molar-refractivity contribution in [2.75, 3.05) is 0 Å². The lowest BCUT2D eigenvalue weighted by molar-refractivity contribution is -0.142. The van der Waals surface area contributed by atoms with E-state index < -0.39 is 11.9 Å². The van der Waals surface area contributed by atoms with Crippen LogP contribution in [0.5, 0.6) is 0 Å². The Morgan fingerprint density at radius 3 is 2.38 bits per heavy atom. The number of hydrogen-bond acceptors (Lipinski definition) is 3. The summed E-state index contributed by atoms with van der Waals surface area (Å²) in [6.07, 6.45) is 16.9. The molecule has 1 N–H and O–H groups in total. The summed E-state index contributed by atoms with van der Waals surface area (Å²) < 4.78 is 5.45. The summed E-state index contributed by atoms with van der Waals surface area (Å²) in [4.78, 5) is 22.0. The lowest BCUT2D eigenvalue weighted by Gasteiger charge is -2.14. The Morgan fingerprint density at radius 2 is 1.69 bits per heavy atom. The average molecular weight is 365 g/mol. The number of carboxylic acids is 1. The summed E-state index contributed by atoms with van der Waals surface area (Å²) in [5.74, 6) is 3.90. The summed E-state index contributed by atoms with van der Waals surface area (Å²) >= 11 is 0. The van der Waals surface area contributed by atoms with Gasteiger partial charge in [-0.05, 0) is 39.0 Å². The SMILES string of the molecule is CC#CC(=O)OC(CC=CCCCCCCCC(=O)O)CCCCCC. The minimum absolute atomic E-state index is 0.0764. The van der Waals surface area contributed by atoms with Crippen LogP contribution >= 0.6 is 0 Å². The average Bonchev–Trinajstić information content (AvgIpc) is 2.59. The molecule has 0 saturated heterocycles. The number of hydrogen-bond donors (Lipinski definition) is 1. The molecule has 0 heterocycles. The molecule has 0 rings (SSSR count). The van der Waals surface area contributed by atoms with E-state index in [0.29, 0.717) is 0 Å². The van der Waals surface area contributed by atoms with E-state index in [1.54, 1.807) is 6.92 Å². The van der Waals surface area contributed by atoms with Crippen LogP contribution in [0.4, 0.5) is 0 Å². The van der Waals surface area contributed by atoms with Crippen LogP contribution in [0.25, 0.3) is 0 Å². The minimum Gasteiger partial charge on any atom is -0.481 e. The Labute approximate surface area is 159 Å². The molecule has 26 heavy (non-hydrogen) atoms. The van der Waals surface area contributed by atoms with E-state index in [9.17, 15) is 9.59 Å². The van der Waals surface area contributed by atoms with Gasteiger partial charge in [0.2, 0.25) is 0 Å². The minimum atomic E-state index is -0.706. The molecule has 0 aliphatic rings. The third-order valence-electron chi connectivity index (χ3n) is 4.21. The number of carboxylic acid groups (broad SMARTS) is 1. The van der Waals surface area contributed by atoms with Crippen molar-refractivity contribution in [2.24, 2.45) is 0 Å². The molecule has 0 spiro atoms. The predicted octanol–water partition coefficient (Wildman–Crippen LogP) is 5.65. The second-order valence-electron chi connectivity index (χ2n) is 6.66. The van der Waals surface area contributed by atoms with Crippen molar-refractivity contribution in [3.63, 3.8) is 0 Å². The lowest BCUT2D eigenvalue weighted by Crippen LogP contribution is -2.16. The molecule has 0 amide bonds. The zero-order valence-corrected chi connectivity index (χ0v) is 16.6. The van der Waals surface area contributed by atoms with Gasteiger partial charge in [0, 0.05) is 18.8 Å². The van der Waals surface area contributed by atoms with Gasteiger partial charge in [-0.15, -0.1) is 0 Å². The van der Waals surface area contributed by atoms with E-state index in [4.69, 9.17) is 9.84 Å². The smallest absolute Gasteiger partial charge is 0.384 e. The monoisotopic (exact) mass is 364 g/mol. The third kappa shape index (κ3) is 17.1. The first-order valence-corrected chi connectivity index (χ1v) is 10.1. The summed E-state index contributed by atoms with van der Waals surface area (Å²) in [7, 11) is 0. The zero-order chi connectivity index (χ0) is 19.5. The van der Waals surface area contributed by atoms with Gasteiger partial charge in [-0.3, -0.25) is 4.79 Å². The number of esters is 1. The van der Waals surface area contributed by atoms with Crippen LogP contribution in [0.15, 0.2) is 12.2 Å². The number of unbranched alkanes of at least 4 members (excludes halogenated alkanes) is 8. The first-order chi connectivity index (χ1) is 12.6. The highest BCUT2D eigenvalue weighted by Crippen LogP contribution is 2.13. The van der Waals surface area contributed by atoms with Crippen LogP contribution in [0, 0.1) is 11.8 Å². The van der Waals surface area contributed by atoms with Crippen molar-refractivity contribution in [3.8, 4) is 11.8 Å². The lowest BCUT2D eigenvalue weighted by atomic mass is 10.1. The molecule has 148 valence electrons. The van der Waals surface area contributed by atoms with Gasteiger partial charge in [-0.25, -0.2) is 4.79 Å². The largest absolute Gasteiger partial charge is 0.481 e. The molecule has 0 radical (unpaired) electrons. The summed E-state index contributed by atoms with van der Waals surface area (Å²) in [6, 6.07) is 0. The molecule has 1 unspecified atom stereocenters. The molecular weight excluding hydrogens is 328 g/mol. The molecule has 0 aromatic rings. The second kappa shape index (κ2) is 18.0. The highest BCUT2D eigenvalue weighted by molar-refractivity contribution is 5.88. The van der Waals surface area contributed by atoms with Crippen molar-refractivity contribution in [1.29, 1.82) is 0 Å². The number of ether oxygens (including phenoxy) is 1. The van der Waals surface area contributed by atoms with Crippen LogP contribution in [-0.2, 0) is 14.3 Å². The fourth-order valence-corrected chi connectivity index (χ4v) is 2.74. The maximum atomic E-state index is 11.6. The molecular formula is C22H36O4. The summed E-state index contributed by atoms with van der Waals surface area (Å²) in [5, 5.41) is 8.58. The van der Waals surface area contributed by atoms with Gasteiger partial charge in [0.15, 0.2) is 0 Å². The Bertz CT molecular complexity index is 456. The normalized spacial score (nSPS) is 11.8. The highest BCUT2D eigenvalue weighted by atomic mass is 16.5. The highest BCUT2D eigenvalue weighted by Gasteiger charge is 2.11. The Morgan fingerprint density at radius 1 is 1.00 bits per heavy atom. The van der Waals surface area contributed by atoms with Crippen LogP contribution in [0.3, 0.4) is 0 Å². The third-order valence-corrected chi connectivity index (χ3v) is 4.21. The van der Waals surface area contributed by atoms with Crippen molar-refractivity contribution in [2.45, 2.75) is 103 Å². The number of rotatable bonds is 16. The van der Waals surface area contributed by atoms with E-state index in [2.05, 4.69) is 30.9 Å². The standard InChI is InChI=1S/C22H36O4/c1-3-5-6-13-17-20(26-22(25)16-4-2)18-14-11-9-7-8-10-12-15-19-21(23)24/h11,14,20H,3,5-10,12-13,15,17-19H2,1-2H3,(H,23,24). The fraction of sp³-hybridized carbons (Fsp3) is 0.727. The van der Waals surface area contributed by atoms with Crippen LogP contribution in [0.1, 0.15) is 97.3 Å². The molecule has 4 heteroatoms. The van der Waals surface area contributed by atoms with Crippen LogP contribution < -0.4 is 0 Å². The van der Waals surface area contributed by atoms with E-state index in [1.165, 1.54) is 19.3 Å². The maximum Gasteiger partial charge on any atom is 0.384 e. The molecule has 0 fully saturated rings. The van der Waals surface area contributed by atoms with Gasteiger partial charge in [-0.1, -0.05) is 63.5 Å². The number of carbonyl (C=O) groups excluding carboxylic acids is 1. The van der Waals surface area contributed by atoms with Crippen molar-refractivity contribution >= 4 is 11.9 Å². The molecule has 0 aliphatic carbocycles. The van der Waals surface area contributed by atoms with Gasteiger partial charge < -0.3 is 9.84 Å². The van der Waals surface area contributed by atoms with Gasteiger partial charge >= 0.3 is 11.9 Å². The Balaban J connectivity index is 3.92. The fourth-order valence-electron chi connectivity index (χ4n) is 2.74. The Hall–Kier alpha value is -1.76. The van der Waals surface area contributed by atoms with E-state index in [-0.39, 0.29) is 12.5 Å². The Kier molecular flexibility index (Phi) is 16.8.